The van der Waals surface area contributed by atoms with Gasteiger partial charge in [0.2, 0.25) is 5.91 Å². The van der Waals surface area contributed by atoms with Crippen LogP contribution in [0.15, 0.2) is 36.7 Å². The maximum Gasteiger partial charge on any atom is 0.252 e. The van der Waals surface area contributed by atoms with Crippen LogP contribution in [0.5, 0.6) is 0 Å². The minimum Gasteiger partial charge on any atom is -0.390 e. The summed E-state index contributed by atoms with van der Waals surface area (Å²) in [6.45, 7) is 1.35. The SMILES string of the molecule is NC(=O)c1cncc2c3ccccc3n(N3CCC[C@@]4(C3)C(=O)NC[C@@H]4O)c12. The molecule has 2 atom stereocenters. The molecular weight excluding hydrogens is 358 g/mol. The predicted octanol–water partition coefficient (Wildman–Crippen LogP) is 0.497. The van der Waals surface area contributed by atoms with Gasteiger partial charge >= 0.3 is 0 Å². The highest BCUT2D eigenvalue weighted by atomic mass is 16.3. The molecule has 144 valence electrons. The quantitative estimate of drug-likeness (QED) is 0.600. The van der Waals surface area contributed by atoms with Crippen LogP contribution in [-0.2, 0) is 4.79 Å². The first kappa shape index (κ1) is 17.0. The number of pyridine rings is 1. The Morgan fingerprint density at radius 1 is 1.29 bits per heavy atom. The number of β-amino-alcohol motifs (C(OH)–C–C–N with tert-alkyl or cyclic N) is 1. The Balaban J connectivity index is 1.76. The van der Waals surface area contributed by atoms with E-state index in [0.29, 0.717) is 30.6 Å². The van der Waals surface area contributed by atoms with E-state index in [9.17, 15) is 14.7 Å². The maximum atomic E-state index is 12.6. The van der Waals surface area contributed by atoms with E-state index < -0.39 is 17.4 Å². The number of carbonyl (C=O) groups excluding carboxylic acids is 2. The molecular formula is C20H21N5O3. The summed E-state index contributed by atoms with van der Waals surface area (Å²) in [6.07, 6.45) is 3.88. The molecule has 0 bridgehead atoms. The molecule has 8 nitrogen and oxygen atoms in total. The van der Waals surface area contributed by atoms with Crippen molar-refractivity contribution >= 4 is 33.6 Å². The molecule has 4 heterocycles. The summed E-state index contributed by atoms with van der Waals surface area (Å²) in [7, 11) is 0. The van der Waals surface area contributed by atoms with Crippen LogP contribution in [-0.4, -0.2) is 52.3 Å². The van der Waals surface area contributed by atoms with E-state index in [1.807, 2.05) is 28.9 Å². The van der Waals surface area contributed by atoms with Crippen molar-refractivity contribution < 1.29 is 14.7 Å². The Bertz CT molecular complexity index is 1120. The van der Waals surface area contributed by atoms with E-state index in [0.717, 1.165) is 22.7 Å². The number of amides is 2. The summed E-state index contributed by atoms with van der Waals surface area (Å²) >= 11 is 0. The fourth-order valence-electron chi connectivity index (χ4n) is 4.76. The Morgan fingerprint density at radius 2 is 2.11 bits per heavy atom. The van der Waals surface area contributed by atoms with Gasteiger partial charge in [-0.25, -0.2) is 0 Å². The normalized spacial score (nSPS) is 25.0. The molecule has 0 unspecified atom stereocenters. The number of nitrogens with two attached hydrogens (primary N) is 1. The fourth-order valence-corrected chi connectivity index (χ4v) is 4.76. The van der Waals surface area contributed by atoms with Crippen LogP contribution in [0.2, 0.25) is 0 Å². The number of hydrogen-bond donors (Lipinski definition) is 3. The van der Waals surface area contributed by atoms with E-state index >= 15 is 0 Å². The second kappa shape index (κ2) is 5.93. The summed E-state index contributed by atoms with van der Waals surface area (Å²) in [5.41, 5.74) is 6.75. The average Bonchev–Trinajstić information content (AvgIpc) is 3.18. The number of nitrogens with zero attached hydrogens (tertiary/aromatic N) is 3. The third-order valence-corrected chi connectivity index (χ3v) is 6.15. The molecule has 5 rings (SSSR count). The maximum absolute atomic E-state index is 12.6. The highest BCUT2D eigenvalue weighted by Gasteiger charge is 2.52. The number of aromatic nitrogens is 2. The molecule has 0 radical (unpaired) electrons. The van der Waals surface area contributed by atoms with Gasteiger partial charge in [-0.1, -0.05) is 18.2 Å². The van der Waals surface area contributed by atoms with Gasteiger partial charge in [0.25, 0.3) is 5.91 Å². The van der Waals surface area contributed by atoms with Gasteiger partial charge in [-0.15, -0.1) is 0 Å². The summed E-state index contributed by atoms with van der Waals surface area (Å²) in [6, 6.07) is 7.84. The number of fused-ring (bicyclic) bond motifs is 3. The second-order valence-electron chi connectivity index (χ2n) is 7.65. The molecule has 2 saturated heterocycles. The lowest BCUT2D eigenvalue weighted by Crippen LogP contribution is -2.55. The zero-order chi connectivity index (χ0) is 19.5. The Hall–Kier alpha value is -3.13. The first-order valence-corrected chi connectivity index (χ1v) is 9.41. The van der Waals surface area contributed by atoms with Crippen molar-refractivity contribution in [2.75, 3.05) is 24.6 Å². The zero-order valence-corrected chi connectivity index (χ0v) is 15.3. The van der Waals surface area contributed by atoms with Crippen LogP contribution >= 0.6 is 0 Å². The third-order valence-electron chi connectivity index (χ3n) is 6.15. The standard InChI is InChI=1S/C20H21N5O3/c21-18(27)14-9-22-8-13-12-4-1-2-5-15(12)25(17(13)14)24-7-3-6-20(11-24)16(26)10-23-19(20)28/h1-2,4-5,8-9,16,26H,3,6-7,10-11H2,(H2,21,27)(H,23,28)/t16-,20-/m0/s1. The number of rotatable bonds is 2. The van der Waals surface area contributed by atoms with Gasteiger partial charge in [0, 0.05) is 36.3 Å². The van der Waals surface area contributed by atoms with Crippen LogP contribution < -0.4 is 16.1 Å². The molecule has 2 amide bonds. The molecule has 2 aliphatic heterocycles. The zero-order valence-electron chi connectivity index (χ0n) is 15.3. The largest absolute Gasteiger partial charge is 0.390 e. The van der Waals surface area contributed by atoms with Crippen molar-refractivity contribution in [2.45, 2.75) is 18.9 Å². The van der Waals surface area contributed by atoms with Gasteiger partial charge in [-0.3, -0.25) is 19.2 Å². The minimum absolute atomic E-state index is 0.109. The molecule has 3 aromatic rings. The molecule has 2 fully saturated rings. The summed E-state index contributed by atoms with van der Waals surface area (Å²) in [5.74, 6) is -0.658. The number of para-hydroxylation sites is 1. The van der Waals surface area contributed by atoms with Gasteiger partial charge in [0.15, 0.2) is 0 Å². The number of nitrogens with one attached hydrogen (secondary N) is 1. The molecule has 8 heteroatoms. The lowest BCUT2D eigenvalue weighted by molar-refractivity contribution is -0.131. The molecule has 0 aliphatic carbocycles. The number of hydrogen-bond acceptors (Lipinski definition) is 5. The smallest absolute Gasteiger partial charge is 0.252 e. The highest BCUT2D eigenvalue weighted by molar-refractivity contribution is 6.15. The van der Waals surface area contributed by atoms with Crippen LogP contribution in [0.1, 0.15) is 23.2 Å². The van der Waals surface area contributed by atoms with Crippen LogP contribution in [0.4, 0.5) is 0 Å². The van der Waals surface area contributed by atoms with Crippen LogP contribution in [0.3, 0.4) is 0 Å². The first-order valence-electron chi connectivity index (χ1n) is 9.41. The molecule has 2 aliphatic rings. The van der Waals surface area contributed by atoms with Crippen LogP contribution in [0, 0.1) is 5.41 Å². The fraction of sp³-hybridized carbons (Fsp3) is 0.350. The molecule has 2 aromatic heterocycles. The van der Waals surface area contributed by atoms with Crippen molar-refractivity contribution in [3.63, 3.8) is 0 Å². The van der Waals surface area contributed by atoms with Gasteiger partial charge in [-0.05, 0) is 18.9 Å². The highest BCUT2D eigenvalue weighted by Crippen LogP contribution is 2.38. The topological polar surface area (TPSA) is 113 Å². The minimum atomic E-state index is -0.837. The number of aliphatic hydroxyl groups is 1. The summed E-state index contributed by atoms with van der Waals surface area (Å²) in [4.78, 5) is 28.9. The lowest BCUT2D eigenvalue weighted by atomic mass is 9.77. The molecule has 0 saturated carbocycles. The number of carbonyl (C=O) groups is 2. The molecule has 1 spiro atoms. The van der Waals surface area contributed by atoms with Crippen molar-refractivity contribution in [3.8, 4) is 0 Å². The Labute approximate surface area is 160 Å². The summed E-state index contributed by atoms with van der Waals surface area (Å²) < 4.78 is 1.98. The van der Waals surface area contributed by atoms with E-state index in [2.05, 4.69) is 15.3 Å². The molecule has 1 aromatic carbocycles. The summed E-state index contributed by atoms with van der Waals surface area (Å²) in [5, 5.41) is 17.2. The van der Waals surface area contributed by atoms with Gasteiger partial charge in [0.1, 0.15) is 0 Å². The van der Waals surface area contributed by atoms with Crippen molar-refractivity contribution in [1.29, 1.82) is 0 Å². The Morgan fingerprint density at radius 3 is 2.86 bits per heavy atom. The second-order valence-corrected chi connectivity index (χ2v) is 7.65. The van der Waals surface area contributed by atoms with Gasteiger partial charge < -0.3 is 21.2 Å². The first-order chi connectivity index (χ1) is 13.5. The van der Waals surface area contributed by atoms with Crippen molar-refractivity contribution in [3.05, 3.63) is 42.2 Å². The van der Waals surface area contributed by atoms with E-state index in [1.54, 1.807) is 6.20 Å². The van der Waals surface area contributed by atoms with Crippen molar-refractivity contribution in [1.82, 2.24) is 15.0 Å². The predicted molar refractivity (Wildman–Crippen MR) is 104 cm³/mol. The average molecular weight is 379 g/mol. The molecule has 28 heavy (non-hydrogen) atoms. The van der Waals surface area contributed by atoms with E-state index in [-0.39, 0.29) is 12.5 Å². The Kier molecular flexibility index (Phi) is 3.60. The van der Waals surface area contributed by atoms with Gasteiger partial charge in [0.05, 0.1) is 34.7 Å². The van der Waals surface area contributed by atoms with E-state index in [4.69, 9.17) is 5.73 Å². The molecule has 4 N–H and O–H groups in total. The number of primary amides is 1. The monoisotopic (exact) mass is 379 g/mol. The van der Waals surface area contributed by atoms with E-state index in [1.165, 1.54) is 6.20 Å². The van der Waals surface area contributed by atoms with Crippen LogP contribution in [0.25, 0.3) is 21.8 Å². The number of piperidine rings is 1. The third kappa shape index (κ3) is 2.18. The van der Waals surface area contributed by atoms with Gasteiger partial charge in [-0.2, -0.15) is 0 Å². The lowest BCUT2D eigenvalue weighted by Gasteiger charge is -2.42. The number of aliphatic hydroxyl groups excluding tert-OH is 1. The number of benzene rings is 1. The van der Waals surface area contributed by atoms with Crippen molar-refractivity contribution in [2.24, 2.45) is 11.1 Å².